The zero-order valence-corrected chi connectivity index (χ0v) is 18.4. The molecule has 1 aromatic heterocycles. The number of hydrogen-bond acceptors (Lipinski definition) is 7. The lowest BCUT2D eigenvalue weighted by Gasteiger charge is -2.11. The van der Waals surface area contributed by atoms with Crippen LogP contribution in [0, 0.1) is 0 Å². The lowest BCUT2D eigenvalue weighted by atomic mass is 10.0. The van der Waals surface area contributed by atoms with Crippen LogP contribution in [-0.4, -0.2) is 41.6 Å². The summed E-state index contributed by atoms with van der Waals surface area (Å²) in [6, 6.07) is 21.8. The van der Waals surface area contributed by atoms with E-state index in [0.717, 1.165) is 33.4 Å². The van der Waals surface area contributed by atoms with Gasteiger partial charge in [0.2, 0.25) is 5.95 Å². The molecule has 0 aliphatic rings. The number of rotatable bonds is 8. The topological polar surface area (TPSA) is 96.4 Å². The number of nitrogens with zero attached hydrogens (tertiary/aromatic N) is 2. The molecule has 4 rings (SSSR count). The van der Waals surface area contributed by atoms with Crippen LogP contribution in [0.25, 0.3) is 22.0 Å². The quantitative estimate of drug-likeness (QED) is 0.266. The minimum absolute atomic E-state index is 0.00943. The van der Waals surface area contributed by atoms with Crippen LogP contribution in [-0.2, 0) is 4.79 Å². The molecule has 33 heavy (non-hydrogen) atoms. The third-order valence-electron chi connectivity index (χ3n) is 4.64. The van der Waals surface area contributed by atoms with Gasteiger partial charge in [-0.05, 0) is 48.0 Å². The van der Waals surface area contributed by atoms with Crippen LogP contribution >= 0.6 is 0 Å². The highest BCUT2D eigenvalue weighted by atomic mass is 16.5. The summed E-state index contributed by atoms with van der Waals surface area (Å²) in [4.78, 5) is 18.3. The summed E-state index contributed by atoms with van der Waals surface area (Å²) in [5.74, 6) is 1.23. The lowest BCUT2D eigenvalue weighted by molar-refractivity contribution is -0.104. The number of nitrogens with one attached hydrogen (secondary N) is 2. The van der Waals surface area contributed by atoms with Crippen molar-refractivity contribution in [2.24, 2.45) is 0 Å². The number of fused-ring (bicyclic) bond motifs is 1. The van der Waals surface area contributed by atoms with E-state index in [-0.39, 0.29) is 13.2 Å². The third-order valence-corrected chi connectivity index (χ3v) is 4.64. The number of aliphatic hydroxyl groups excluding tert-OH is 1. The maximum atomic E-state index is 9.06. The van der Waals surface area contributed by atoms with E-state index >= 15 is 0 Å². The van der Waals surface area contributed by atoms with Crippen molar-refractivity contribution in [3.05, 3.63) is 85.6 Å². The molecule has 3 N–H and O–H groups in total. The number of para-hydroxylation sites is 1. The monoisotopic (exact) mass is 442 g/mol. The number of aromatic nitrogens is 2. The Balaban J connectivity index is 0.000000709. The van der Waals surface area contributed by atoms with Gasteiger partial charge in [0.25, 0.3) is 0 Å². The summed E-state index contributed by atoms with van der Waals surface area (Å²) < 4.78 is 5.39. The maximum Gasteiger partial charge on any atom is 0.227 e. The first-order valence-corrected chi connectivity index (χ1v) is 10.4. The Kier molecular flexibility index (Phi) is 8.50. The first-order chi connectivity index (χ1) is 16.2. The molecule has 0 aliphatic carbocycles. The molecule has 0 spiro atoms. The number of aldehydes is 1. The van der Waals surface area contributed by atoms with Crippen LogP contribution in [0.1, 0.15) is 0 Å². The second-order valence-corrected chi connectivity index (χ2v) is 6.86. The molecule has 0 bridgehead atoms. The van der Waals surface area contributed by atoms with Crippen molar-refractivity contribution < 1.29 is 14.6 Å². The maximum absolute atomic E-state index is 9.06. The minimum atomic E-state index is -0.00943. The molecule has 168 valence electrons. The number of anilines is 3. The van der Waals surface area contributed by atoms with Gasteiger partial charge in [-0.15, -0.1) is 0 Å². The second kappa shape index (κ2) is 12.0. The Bertz CT molecular complexity index is 1200. The SMILES string of the molecule is C=CC=O.CNc1cccc(-c2cccc3cnc(Nc4ccc(OCCO)cc4)nc23)c1. The number of benzene rings is 3. The van der Waals surface area contributed by atoms with E-state index in [9.17, 15) is 0 Å². The van der Waals surface area contributed by atoms with Crippen molar-refractivity contribution in [3.8, 4) is 16.9 Å². The minimum Gasteiger partial charge on any atom is -0.491 e. The summed E-state index contributed by atoms with van der Waals surface area (Å²) in [5.41, 5.74) is 4.95. The third kappa shape index (κ3) is 6.38. The highest BCUT2D eigenvalue weighted by Crippen LogP contribution is 2.29. The van der Waals surface area contributed by atoms with Crippen LogP contribution in [0.5, 0.6) is 5.75 Å². The number of hydrogen-bond donors (Lipinski definition) is 3. The molecule has 0 atom stereocenters. The van der Waals surface area contributed by atoms with Gasteiger partial charge in [-0.1, -0.05) is 36.9 Å². The normalized spacial score (nSPS) is 10.0. The van der Waals surface area contributed by atoms with Gasteiger partial charge in [-0.25, -0.2) is 9.97 Å². The number of ether oxygens (including phenoxy) is 1. The average Bonchev–Trinajstić information content (AvgIpc) is 2.88. The summed E-state index contributed by atoms with van der Waals surface area (Å²) >= 11 is 0. The number of carbonyl (C=O) groups is 1. The van der Waals surface area contributed by atoms with Gasteiger partial charge in [0.15, 0.2) is 0 Å². The molecule has 0 amide bonds. The van der Waals surface area contributed by atoms with Gasteiger partial charge >= 0.3 is 0 Å². The Morgan fingerprint density at radius 2 is 1.82 bits per heavy atom. The summed E-state index contributed by atoms with van der Waals surface area (Å²) in [7, 11) is 1.91. The molecule has 4 aromatic rings. The number of carbonyl (C=O) groups excluding carboxylic acids is 1. The van der Waals surface area contributed by atoms with E-state index in [1.54, 1.807) is 0 Å². The first-order valence-electron chi connectivity index (χ1n) is 10.4. The van der Waals surface area contributed by atoms with E-state index < -0.39 is 0 Å². The van der Waals surface area contributed by atoms with Gasteiger partial charge in [-0.3, -0.25) is 4.79 Å². The molecule has 0 aliphatic heterocycles. The average molecular weight is 443 g/mol. The lowest BCUT2D eigenvalue weighted by Crippen LogP contribution is -2.02. The Hall–Kier alpha value is -4.23. The van der Waals surface area contributed by atoms with E-state index in [1.165, 1.54) is 6.08 Å². The van der Waals surface area contributed by atoms with Crippen molar-refractivity contribution in [2.45, 2.75) is 0 Å². The molecule has 0 fully saturated rings. The predicted molar refractivity (Wildman–Crippen MR) is 133 cm³/mol. The Labute approximate surface area is 192 Å². The van der Waals surface area contributed by atoms with Gasteiger partial charge in [0, 0.05) is 35.6 Å². The van der Waals surface area contributed by atoms with Crippen molar-refractivity contribution in [1.82, 2.24) is 9.97 Å². The summed E-state index contributed by atoms with van der Waals surface area (Å²) in [6.07, 6.45) is 3.66. The van der Waals surface area contributed by atoms with E-state index in [2.05, 4.69) is 40.4 Å². The van der Waals surface area contributed by atoms with Crippen molar-refractivity contribution in [1.29, 1.82) is 0 Å². The largest absolute Gasteiger partial charge is 0.491 e. The molecular formula is C26H26N4O3. The van der Waals surface area contributed by atoms with Crippen molar-refractivity contribution in [2.75, 3.05) is 30.9 Å². The van der Waals surface area contributed by atoms with Crippen LogP contribution < -0.4 is 15.4 Å². The predicted octanol–water partition coefficient (Wildman–Crippen LogP) is 4.82. The Morgan fingerprint density at radius 1 is 1.06 bits per heavy atom. The van der Waals surface area contributed by atoms with E-state index in [1.807, 2.05) is 61.8 Å². The zero-order chi connectivity index (χ0) is 23.5. The molecule has 7 nitrogen and oxygen atoms in total. The van der Waals surface area contributed by atoms with Crippen LogP contribution in [0.2, 0.25) is 0 Å². The molecule has 0 saturated heterocycles. The molecule has 1 heterocycles. The molecule has 0 saturated carbocycles. The number of allylic oxidation sites excluding steroid dienone is 1. The highest BCUT2D eigenvalue weighted by Gasteiger charge is 2.08. The molecule has 3 aromatic carbocycles. The van der Waals surface area contributed by atoms with E-state index in [4.69, 9.17) is 19.6 Å². The summed E-state index contributed by atoms with van der Waals surface area (Å²) in [5, 5.41) is 16.2. The van der Waals surface area contributed by atoms with Gasteiger partial charge in [0.1, 0.15) is 18.6 Å². The van der Waals surface area contributed by atoms with Crippen LogP contribution in [0.4, 0.5) is 17.3 Å². The van der Waals surface area contributed by atoms with E-state index in [0.29, 0.717) is 18.0 Å². The fourth-order valence-corrected chi connectivity index (χ4v) is 3.12. The smallest absolute Gasteiger partial charge is 0.227 e. The fourth-order valence-electron chi connectivity index (χ4n) is 3.12. The van der Waals surface area contributed by atoms with Crippen molar-refractivity contribution >= 4 is 34.5 Å². The summed E-state index contributed by atoms with van der Waals surface area (Å²) in [6.45, 7) is 3.38. The van der Waals surface area contributed by atoms with Crippen LogP contribution in [0.3, 0.4) is 0 Å². The van der Waals surface area contributed by atoms with Gasteiger partial charge in [-0.2, -0.15) is 0 Å². The standard InChI is InChI=1S/C23H22N4O2.C3H4O/c1-24-19-6-2-4-16(14-19)21-7-3-5-17-15-25-23(27-22(17)21)26-18-8-10-20(11-9-18)29-13-12-28;1-2-3-4/h2-11,14-15,24,28H,12-13H2,1H3,(H,25,26,27);2-3H,1H2. The van der Waals surface area contributed by atoms with Crippen LogP contribution in [0.15, 0.2) is 85.6 Å². The second-order valence-electron chi connectivity index (χ2n) is 6.86. The highest BCUT2D eigenvalue weighted by molar-refractivity contribution is 5.94. The molecular weight excluding hydrogens is 416 g/mol. The molecule has 0 radical (unpaired) electrons. The Morgan fingerprint density at radius 3 is 2.52 bits per heavy atom. The van der Waals surface area contributed by atoms with Gasteiger partial charge in [0.05, 0.1) is 12.1 Å². The zero-order valence-electron chi connectivity index (χ0n) is 18.4. The first kappa shape index (κ1) is 23.4. The van der Waals surface area contributed by atoms with Gasteiger partial charge < -0.3 is 20.5 Å². The number of aliphatic hydroxyl groups is 1. The fraction of sp³-hybridized carbons (Fsp3) is 0.115. The molecule has 0 unspecified atom stereocenters. The van der Waals surface area contributed by atoms with Crippen molar-refractivity contribution in [3.63, 3.8) is 0 Å². The molecule has 7 heteroatoms.